The Morgan fingerprint density at radius 1 is 0.889 bits per heavy atom. The molecule has 0 aromatic rings. The summed E-state index contributed by atoms with van der Waals surface area (Å²) in [5.41, 5.74) is 0. The van der Waals surface area contributed by atoms with Crippen LogP contribution in [0.3, 0.4) is 0 Å². The van der Waals surface area contributed by atoms with Crippen LogP contribution in [0.15, 0.2) is 0 Å². The van der Waals surface area contributed by atoms with Gasteiger partial charge in [-0.15, -0.1) is 0 Å². The van der Waals surface area contributed by atoms with E-state index < -0.39 is 10.4 Å². The molecule has 0 aromatic carbocycles. The zero-order chi connectivity index (χ0) is 4.50. The molecule has 0 aromatic heterocycles. The third kappa shape index (κ3) is 194. The van der Waals surface area contributed by atoms with E-state index in [1.54, 1.807) is 0 Å². The summed E-state index contributed by atoms with van der Waals surface area (Å²) in [5, 5.41) is 0. The zero-order valence-corrected chi connectivity index (χ0v) is 3.75. The first-order valence-electron chi connectivity index (χ1n) is 0.698. The van der Waals surface area contributed by atoms with Gasteiger partial charge in [0.15, 0.2) is 0 Å². The summed E-state index contributed by atoms with van der Waals surface area (Å²) in [5.74, 6) is 0. The molecular formula is H6F2Na2O4S. The van der Waals surface area contributed by atoms with Gasteiger partial charge in [0.05, 0.1) is 0 Å². The first-order chi connectivity index (χ1) is 2.00. The van der Waals surface area contributed by atoms with Crippen molar-refractivity contribution in [1.29, 1.82) is 0 Å². The van der Waals surface area contributed by atoms with Gasteiger partial charge in [-0.3, -0.25) is 18.5 Å². The Kier molecular flexibility index (Phi) is 42.7. The summed E-state index contributed by atoms with van der Waals surface area (Å²) in [6, 6.07) is 0. The Morgan fingerprint density at radius 3 is 0.889 bits per heavy atom. The topological polar surface area (TPSA) is 74.6 Å². The van der Waals surface area contributed by atoms with E-state index in [1.165, 1.54) is 0 Å². The summed E-state index contributed by atoms with van der Waals surface area (Å²) in [6.07, 6.45) is 0. The van der Waals surface area contributed by atoms with Crippen molar-refractivity contribution in [3.63, 3.8) is 0 Å². The van der Waals surface area contributed by atoms with E-state index in [2.05, 4.69) is 0 Å². The van der Waals surface area contributed by atoms with E-state index >= 15 is 0 Å². The average Bonchev–Trinajstić information content (AvgIpc) is 0.722. The number of halogens is 2. The van der Waals surface area contributed by atoms with Gasteiger partial charge in [-0.25, -0.2) is 0 Å². The molecule has 0 aliphatic rings. The van der Waals surface area contributed by atoms with Gasteiger partial charge in [0, 0.05) is 0 Å². The van der Waals surface area contributed by atoms with E-state index in [9.17, 15) is 0 Å². The molecule has 0 atom stereocenters. The number of rotatable bonds is 0. The molecule has 9 heavy (non-hydrogen) atoms. The molecule has 0 amide bonds. The van der Waals surface area contributed by atoms with E-state index in [4.69, 9.17) is 17.5 Å². The quantitative estimate of drug-likeness (QED) is 0.351. The Balaban J connectivity index is -0.0000000133. The Bertz CT molecular complexity index is 99.7. The van der Waals surface area contributed by atoms with Gasteiger partial charge in [0.25, 0.3) is 0 Å². The summed E-state index contributed by atoms with van der Waals surface area (Å²) in [6.45, 7) is 0. The normalized spacial score (nSPS) is 6.44. The van der Waals surface area contributed by atoms with E-state index in [0.29, 0.717) is 0 Å². The molecule has 0 saturated carbocycles. The van der Waals surface area contributed by atoms with Gasteiger partial charge in [-0.05, 0) is 0 Å². The van der Waals surface area contributed by atoms with Crippen LogP contribution in [0.2, 0.25) is 0 Å². The zero-order valence-electron chi connectivity index (χ0n) is 2.94. The second-order valence-corrected chi connectivity index (χ2v) is 1.34. The van der Waals surface area contributed by atoms with Crippen molar-refractivity contribution >= 4 is 69.5 Å². The van der Waals surface area contributed by atoms with Crippen LogP contribution >= 0.6 is 0 Å². The molecule has 2 N–H and O–H groups in total. The summed E-state index contributed by atoms with van der Waals surface area (Å²) >= 11 is 0. The van der Waals surface area contributed by atoms with Gasteiger partial charge in [-0.2, -0.15) is 8.42 Å². The Hall–Kier alpha value is 1.73. The average molecular weight is 186 g/mol. The van der Waals surface area contributed by atoms with Crippen LogP contribution in [0.1, 0.15) is 0 Å². The van der Waals surface area contributed by atoms with Crippen LogP contribution < -0.4 is 0 Å². The fraction of sp³-hybridized carbons (Fsp3) is 0. The first kappa shape index (κ1) is 30.9. The molecule has 0 aliphatic carbocycles. The van der Waals surface area contributed by atoms with Gasteiger partial charge >= 0.3 is 69.5 Å². The predicted molar refractivity (Wildman–Crippen MR) is 33.5 cm³/mol. The number of hydrogen-bond donors (Lipinski definition) is 2. The summed E-state index contributed by atoms with van der Waals surface area (Å²) in [7, 11) is -4.67. The molecule has 0 heterocycles. The van der Waals surface area contributed by atoms with Crippen LogP contribution in [0.25, 0.3) is 0 Å². The second kappa shape index (κ2) is 12.4. The molecule has 0 radical (unpaired) electrons. The third-order valence-electron chi connectivity index (χ3n) is 0. The molecule has 52 valence electrons. The van der Waals surface area contributed by atoms with Crippen LogP contribution in [0.5, 0.6) is 0 Å². The minimum atomic E-state index is -4.67. The Morgan fingerprint density at radius 2 is 0.889 bits per heavy atom. The first-order valence-corrected chi connectivity index (χ1v) is 2.10. The van der Waals surface area contributed by atoms with Gasteiger partial charge in [0.2, 0.25) is 0 Å². The van der Waals surface area contributed by atoms with Crippen LogP contribution in [0.4, 0.5) is 9.41 Å². The van der Waals surface area contributed by atoms with Crippen LogP contribution in [-0.4, -0.2) is 76.6 Å². The van der Waals surface area contributed by atoms with E-state index in [0.717, 1.165) is 0 Å². The monoisotopic (exact) mass is 186 g/mol. The fourth-order valence-corrected chi connectivity index (χ4v) is 0. The van der Waals surface area contributed by atoms with Crippen molar-refractivity contribution in [2.75, 3.05) is 0 Å². The third-order valence-corrected chi connectivity index (χ3v) is 0. The SMILES string of the molecule is F.F.O=S(=O)(O)O.[NaH].[NaH]. The predicted octanol–water partition coefficient (Wildman–Crippen LogP) is -1.64. The van der Waals surface area contributed by atoms with Crippen LogP contribution in [0, 0.1) is 0 Å². The molecule has 0 spiro atoms. The fourth-order valence-electron chi connectivity index (χ4n) is 0. The van der Waals surface area contributed by atoms with E-state index in [-0.39, 0.29) is 68.5 Å². The van der Waals surface area contributed by atoms with Gasteiger partial charge in [0.1, 0.15) is 0 Å². The standard InChI is InChI=1S/2FH.2Na.H2O4S.2H/c;;;;1-5(2,3)4;;/h2*1H;;;(H2,1,2,3,4);;. The molecule has 0 fully saturated rings. The molecule has 0 aliphatic heterocycles. The molecular weight excluding hydrogens is 180 g/mol. The second-order valence-electron chi connectivity index (χ2n) is 0.448. The van der Waals surface area contributed by atoms with Crippen molar-refractivity contribution in [2.24, 2.45) is 0 Å². The minimum absolute atomic E-state index is 0. The van der Waals surface area contributed by atoms with Gasteiger partial charge in [-0.1, -0.05) is 0 Å². The maximum absolute atomic E-state index is 8.74. The van der Waals surface area contributed by atoms with Crippen molar-refractivity contribution in [3.8, 4) is 0 Å². The summed E-state index contributed by atoms with van der Waals surface area (Å²) < 4.78 is 31.6. The van der Waals surface area contributed by atoms with E-state index in [1.807, 2.05) is 0 Å². The van der Waals surface area contributed by atoms with Crippen molar-refractivity contribution in [3.05, 3.63) is 0 Å². The molecule has 0 saturated heterocycles. The summed E-state index contributed by atoms with van der Waals surface area (Å²) in [4.78, 5) is 0. The molecule has 9 heteroatoms. The van der Waals surface area contributed by atoms with Crippen molar-refractivity contribution in [1.82, 2.24) is 0 Å². The molecule has 0 rings (SSSR count). The van der Waals surface area contributed by atoms with Crippen molar-refractivity contribution < 1.29 is 26.9 Å². The molecule has 0 unspecified atom stereocenters. The maximum atomic E-state index is 8.74. The van der Waals surface area contributed by atoms with Gasteiger partial charge < -0.3 is 0 Å². The molecule has 0 bridgehead atoms. The van der Waals surface area contributed by atoms with Crippen LogP contribution in [-0.2, 0) is 10.4 Å². The molecule has 4 nitrogen and oxygen atoms in total. The Labute approximate surface area is 95.3 Å². The number of hydrogen-bond acceptors (Lipinski definition) is 2. The van der Waals surface area contributed by atoms with Crippen molar-refractivity contribution in [2.45, 2.75) is 0 Å².